The van der Waals surface area contributed by atoms with Crippen molar-refractivity contribution in [3.8, 4) is 0 Å². The Kier molecular flexibility index (Phi) is 5.43. The van der Waals surface area contributed by atoms with Crippen LogP contribution in [0.25, 0.3) is 0 Å². The molecule has 30 heavy (non-hydrogen) atoms. The van der Waals surface area contributed by atoms with Gasteiger partial charge in [0.1, 0.15) is 0 Å². The number of fused-ring (bicyclic) bond motifs is 1. The average Bonchev–Trinajstić information content (AvgIpc) is 3.34. The first-order valence-electron chi connectivity index (χ1n) is 8.86. The van der Waals surface area contributed by atoms with E-state index in [1.807, 2.05) is 6.07 Å². The second-order valence-corrected chi connectivity index (χ2v) is 10.2. The third-order valence-corrected chi connectivity index (χ3v) is 6.92. The summed E-state index contributed by atoms with van der Waals surface area (Å²) >= 11 is 31.3. The molecule has 2 aliphatic rings. The van der Waals surface area contributed by atoms with Crippen LogP contribution in [0.15, 0.2) is 42.5 Å². The van der Waals surface area contributed by atoms with Gasteiger partial charge in [-0.15, -0.1) is 0 Å². The van der Waals surface area contributed by atoms with Crippen LogP contribution >= 0.6 is 58.0 Å². The number of para-hydroxylation sites is 1. The highest BCUT2D eigenvalue weighted by Gasteiger charge is 2.86. The summed E-state index contributed by atoms with van der Waals surface area (Å²) in [5.74, 6) is -0.379. The van der Waals surface area contributed by atoms with E-state index in [2.05, 4.69) is 5.32 Å². The van der Waals surface area contributed by atoms with E-state index in [1.165, 1.54) is 7.05 Å². The molecule has 2 aromatic carbocycles. The molecule has 0 spiro atoms. The molecule has 0 aromatic heterocycles. The number of quaternary nitrogens is 1. The van der Waals surface area contributed by atoms with Crippen LogP contribution in [0.4, 0.5) is 16.2 Å². The molecule has 0 radical (unpaired) electrons. The summed E-state index contributed by atoms with van der Waals surface area (Å²) in [6, 6.07) is 11.8. The van der Waals surface area contributed by atoms with Gasteiger partial charge in [0.2, 0.25) is 3.79 Å². The standard InChI is InChI=1S/C19H16Cl5N4O2/c1-10-13(9-8-12(20)14(10)21)25-17(19(22,23)24)27-15-16(29)26(2)18(30)28(15,27)11-6-4-3-5-7-11/h3-9,15,17,25H,1-2H3/q+1. The molecular formula is C19H16Cl5N4O2+. The molecule has 2 aliphatic heterocycles. The van der Waals surface area contributed by atoms with Crippen molar-refractivity contribution in [2.75, 3.05) is 12.4 Å². The third-order valence-electron chi connectivity index (χ3n) is 5.40. The van der Waals surface area contributed by atoms with Gasteiger partial charge in [-0.25, -0.2) is 9.69 Å². The van der Waals surface area contributed by atoms with Crippen LogP contribution in [0.3, 0.4) is 0 Å². The number of rotatable bonds is 4. The quantitative estimate of drug-likeness (QED) is 0.254. The predicted molar refractivity (Wildman–Crippen MR) is 121 cm³/mol. The van der Waals surface area contributed by atoms with Gasteiger partial charge >= 0.3 is 18.1 Å². The van der Waals surface area contributed by atoms with Gasteiger partial charge in [0, 0.05) is 24.9 Å². The summed E-state index contributed by atoms with van der Waals surface area (Å²) < 4.78 is -2.27. The molecular weight excluding hydrogens is 494 g/mol. The Hall–Kier alpha value is -1.25. The topological polar surface area (TPSA) is 52.4 Å². The van der Waals surface area contributed by atoms with E-state index in [-0.39, 0.29) is 10.5 Å². The van der Waals surface area contributed by atoms with Gasteiger partial charge in [-0.2, -0.15) is 0 Å². The summed E-state index contributed by atoms with van der Waals surface area (Å²) in [6.07, 6.45) is -1.87. The van der Waals surface area contributed by atoms with Crippen LogP contribution in [0.1, 0.15) is 5.56 Å². The smallest absolute Gasteiger partial charge is 0.361 e. The van der Waals surface area contributed by atoms with Crippen molar-refractivity contribution in [1.29, 1.82) is 0 Å². The molecule has 4 atom stereocenters. The third kappa shape index (κ3) is 3.09. The van der Waals surface area contributed by atoms with Crippen LogP contribution in [0, 0.1) is 6.92 Å². The molecule has 1 N–H and O–H groups in total. The number of alkyl halides is 3. The summed E-state index contributed by atoms with van der Waals surface area (Å²) in [6.45, 7) is 1.76. The molecule has 2 aromatic rings. The fraction of sp³-hybridized carbons (Fsp3) is 0.263. The highest BCUT2D eigenvalue weighted by Crippen LogP contribution is 2.54. The zero-order valence-corrected chi connectivity index (χ0v) is 19.5. The Bertz CT molecular complexity index is 1050. The minimum Gasteiger partial charge on any atom is -0.361 e. The lowest BCUT2D eigenvalue weighted by Crippen LogP contribution is -2.53. The number of hydrogen-bond donors (Lipinski definition) is 1. The van der Waals surface area contributed by atoms with Crippen molar-refractivity contribution in [3.05, 3.63) is 58.1 Å². The molecule has 2 heterocycles. The minimum atomic E-state index is -1.89. The lowest BCUT2D eigenvalue weighted by atomic mass is 10.2. The van der Waals surface area contributed by atoms with Gasteiger partial charge < -0.3 is 5.32 Å². The summed E-state index contributed by atoms with van der Waals surface area (Å²) in [5.41, 5.74) is 1.80. The van der Waals surface area contributed by atoms with Crippen LogP contribution in [0.5, 0.6) is 0 Å². The zero-order chi connectivity index (χ0) is 22.0. The van der Waals surface area contributed by atoms with Gasteiger partial charge in [0.05, 0.1) is 10.0 Å². The van der Waals surface area contributed by atoms with Gasteiger partial charge in [-0.05, 0) is 29.6 Å². The van der Waals surface area contributed by atoms with Gasteiger partial charge in [0.15, 0.2) is 11.9 Å². The largest absolute Gasteiger partial charge is 0.452 e. The second kappa shape index (κ2) is 7.41. The summed E-state index contributed by atoms with van der Waals surface area (Å²) in [5, 5.41) is 5.44. The number of amides is 3. The Morgan fingerprint density at radius 2 is 1.70 bits per heavy atom. The number of likely N-dealkylation sites (N-methyl/N-ethyl adjacent to an activating group) is 1. The molecule has 158 valence electrons. The minimum absolute atomic E-state index is 0.356. The van der Waals surface area contributed by atoms with Gasteiger partial charge in [0.25, 0.3) is 0 Å². The normalized spacial score (nSPS) is 26.6. The Labute approximate surface area is 198 Å². The van der Waals surface area contributed by atoms with Crippen LogP contribution in [-0.4, -0.2) is 45.0 Å². The van der Waals surface area contributed by atoms with Crippen molar-refractivity contribution < 1.29 is 9.59 Å². The van der Waals surface area contributed by atoms with E-state index < -0.39 is 22.2 Å². The molecule has 4 rings (SSSR count). The number of halogens is 5. The maximum Gasteiger partial charge on any atom is 0.452 e. The molecule has 2 saturated heterocycles. The van der Waals surface area contributed by atoms with E-state index >= 15 is 0 Å². The van der Waals surface area contributed by atoms with Crippen molar-refractivity contribution >= 4 is 81.3 Å². The van der Waals surface area contributed by atoms with Crippen molar-refractivity contribution in [1.82, 2.24) is 14.5 Å². The number of hydrogen-bond acceptors (Lipinski definition) is 4. The number of carbonyl (C=O) groups excluding carboxylic acids is 2. The fourth-order valence-corrected chi connectivity index (χ4v) is 4.70. The Balaban J connectivity index is 1.80. The zero-order valence-electron chi connectivity index (χ0n) is 15.7. The fourth-order valence-electron chi connectivity index (χ4n) is 3.86. The van der Waals surface area contributed by atoms with E-state index in [1.54, 1.807) is 48.3 Å². The van der Waals surface area contributed by atoms with Crippen LogP contribution in [0.2, 0.25) is 10.0 Å². The summed E-state index contributed by atoms with van der Waals surface area (Å²) in [4.78, 5) is 27.1. The molecule has 4 unspecified atom stereocenters. The van der Waals surface area contributed by atoms with E-state index in [9.17, 15) is 9.59 Å². The average molecular weight is 510 g/mol. The summed E-state index contributed by atoms with van der Waals surface area (Å²) in [7, 11) is 1.44. The second-order valence-electron chi connectivity index (χ2n) is 7.08. The molecule has 0 bridgehead atoms. The first-order valence-corrected chi connectivity index (χ1v) is 10.7. The highest BCUT2D eigenvalue weighted by molar-refractivity contribution is 6.68. The highest BCUT2D eigenvalue weighted by atomic mass is 35.6. The number of benzene rings is 2. The van der Waals surface area contributed by atoms with Crippen LogP contribution < -0.4 is 9.91 Å². The molecule has 2 fully saturated rings. The van der Waals surface area contributed by atoms with Crippen molar-refractivity contribution in [2.24, 2.45) is 0 Å². The Morgan fingerprint density at radius 3 is 2.30 bits per heavy atom. The molecule has 3 amide bonds. The molecule has 11 heteroatoms. The molecule has 0 aliphatic carbocycles. The monoisotopic (exact) mass is 507 g/mol. The number of nitrogens with one attached hydrogen (secondary N) is 1. The predicted octanol–water partition coefficient (Wildman–Crippen LogP) is 5.57. The number of urea groups is 1. The lowest BCUT2D eigenvalue weighted by Gasteiger charge is -2.29. The van der Waals surface area contributed by atoms with Crippen molar-refractivity contribution in [3.63, 3.8) is 0 Å². The number of imide groups is 1. The van der Waals surface area contributed by atoms with Crippen LogP contribution in [-0.2, 0) is 4.79 Å². The lowest BCUT2D eigenvalue weighted by molar-refractivity contribution is -0.126. The van der Waals surface area contributed by atoms with E-state index in [4.69, 9.17) is 58.0 Å². The number of carbonyl (C=O) groups is 2. The van der Waals surface area contributed by atoms with E-state index in [0.717, 1.165) is 4.90 Å². The maximum absolute atomic E-state index is 13.2. The first-order chi connectivity index (χ1) is 14.0. The first kappa shape index (κ1) is 22.0. The van der Waals surface area contributed by atoms with E-state index in [0.29, 0.717) is 27.0 Å². The van der Waals surface area contributed by atoms with Crippen molar-refractivity contribution in [2.45, 2.75) is 23.0 Å². The van der Waals surface area contributed by atoms with Gasteiger partial charge in [-0.1, -0.05) is 80.8 Å². The number of anilines is 1. The Morgan fingerprint density at radius 1 is 1.07 bits per heavy atom. The molecule has 0 saturated carbocycles. The SMILES string of the molecule is Cc1c(NC(N2C3C(=O)N(C)C(=O)[N+]32c2ccccc2)C(Cl)(Cl)Cl)ccc(Cl)c1Cl. The number of nitrogens with zero attached hydrogens (tertiary/aromatic N) is 3. The van der Waals surface area contributed by atoms with Gasteiger partial charge in [-0.3, -0.25) is 4.79 Å². The maximum atomic E-state index is 13.2. The molecule has 6 nitrogen and oxygen atoms in total.